The Labute approximate surface area is 103 Å². The molecule has 7 nitrogen and oxygen atoms in total. The van der Waals surface area contributed by atoms with Crippen LogP contribution in [0.4, 0.5) is 0 Å². The van der Waals surface area contributed by atoms with Crippen LogP contribution >= 0.6 is 0 Å². The molecule has 0 amide bonds. The summed E-state index contributed by atoms with van der Waals surface area (Å²) in [7, 11) is 0. The Morgan fingerprint density at radius 1 is 1.11 bits per heavy atom. The van der Waals surface area contributed by atoms with Gasteiger partial charge < -0.3 is 0 Å². The lowest BCUT2D eigenvalue weighted by Gasteiger charge is -2.13. The molecule has 3 rings (SSSR count). The number of aromatic nitrogens is 5. The van der Waals surface area contributed by atoms with E-state index in [4.69, 9.17) is 5.84 Å². The van der Waals surface area contributed by atoms with Gasteiger partial charge in [0.1, 0.15) is 0 Å². The van der Waals surface area contributed by atoms with Gasteiger partial charge in [0, 0.05) is 30.4 Å². The summed E-state index contributed by atoms with van der Waals surface area (Å²) in [5.41, 5.74) is 5.25. The molecule has 0 saturated carbocycles. The van der Waals surface area contributed by atoms with Crippen molar-refractivity contribution >= 4 is 5.52 Å². The second-order valence-electron chi connectivity index (χ2n) is 3.74. The maximum Gasteiger partial charge on any atom is 0.0934 e. The Hall–Kier alpha value is -2.38. The molecule has 0 aliphatic carbocycles. The number of fused-ring (bicyclic) bond motifs is 1. The van der Waals surface area contributed by atoms with Gasteiger partial charge in [-0.3, -0.25) is 20.8 Å². The summed E-state index contributed by atoms with van der Waals surface area (Å²) in [6, 6.07) is -0.264. The monoisotopic (exact) mass is 241 g/mol. The molecule has 90 valence electrons. The van der Waals surface area contributed by atoms with Crippen molar-refractivity contribution in [2.24, 2.45) is 5.84 Å². The van der Waals surface area contributed by atoms with Crippen molar-refractivity contribution in [3.8, 4) is 0 Å². The fourth-order valence-corrected chi connectivity index (χ4v) is 1.87. The van der Waals surface area contributed by atoms with E-state index >= 15 is 0 Å². The molecule has 0 aromatic carbocycles. The van der Waals surface area contributed by atoms with E-state index in [1.807, 2.05) is 0 Å². The van der Waals surface area contributed by atoms with E-state index < -0.39 is 0 Å². The molecule has 0 spiro atoms. The fraction of sp³-hybridized carbons (Fsp3) is 0.0909. The number of nitrogens with two attached hydrogens (primary N) is 1. The number of hydrogen-bond donors (Lipinski definition) is 2. The quantitative estimate of drug-likeness (QED) is 0.498. The van der Waals surface area contributed by atoms with Crippen molar-refractivity contribution in [1.29, 1.82) is 0 Å². The summed E-state index contributed by atoms with van der Waals surface area (Å²) >= 11 is 0. The molecule has 0 aliphatic heterocycles. The van der Waals surface area contributed by atoms with Gasteiger partial charge in [-0.05, 0) is 0 Å². The van der Waals surface area contributed by atoms with Crippen LogP contribution in [0.25, 0.3) is 5.52 Å². The first-order valence-electron chi connectivity index (χ1n) is 5.39. The van der Waals surface area contributed by atoms with Gasteiger partial charge >= 0.3 is 0 Å². The average Bonchev–Trinajstić information content (AvgIpc) is 2.85. The van der Waals surface area contributed by atoms with Crippen LogP contribution in [0.1, 0.15) is 17.3 Å². The van der Waals surface area contributed by atoms with Crippen LogP contribution < -0.4 is 11.3 Å². The molecule has 3 N–H and O–H groups in total. The summed E-state index contributed by atoms with van der Waals surface area (Å²) in [5, 5.41) is 4.25. The van der Waals surface area contributed by atoms with E-state index in [2.05, 4.69) is 25.5 Å². The molecule has 0 aliphatic rings. The zero-order valence-electron chi connectivity index (χ0n) is 9.43. The minimum Gasteiger partial charge on any atom is -0.271 e. The second-order valence-corrected chi connectivity index (χ2v) is 3.74. The third kappa shape index (κ3) is 1.71. The average molecular weight is 241 g/mol. The summed E-state index contributed by atoms with van der Waals surface area (Å²) in [4.78, 5) is 12.4. The summed E-state index contributed by atoms with van der Waals surface area (Å²) in [6.07, 6.45) is 11.9. The van der Waals surface area contributed by atoms with Gasteiger partial charge in [0.25, 0.3) is 0 Å². The summed E-state index contributed by atoms with van der Waals surface area (Å²) < 4.78 is 1.74. The SMILES string of the molecule is NNC(c1cnccn1)c1cnn2ccncc12. The maximum atomic E-state index is 5.61. The topological polar surface area (TPSA) is 94.0 Å². The highest BCUT2D eigenvalue weighted by molar-refractivity contribution is 5.54. The zero-order valence-corrected chi connectivity index (χ0v) is 9.43. The molecule has 0 bridgehead atoms. The Kier molecular flexibility index (Phi) is 2.67. The molecule has 0 fully saturated rings. The maximum absolute atomic E-state index is 5.61. The van der Waals surface area contributed by atoms with Crippen molar-refractivity contribution in [2.45, 2.75) is 6.04 Å². The number of nitrogens with zero attached hydrogens (tertiary/aromatic N) is 5. The first-order valence-corrected chi connectivity index (χ1v) is 5.39. The molecule has 1 unspecified atom stereocenters. The standard InChI is InChI=1S/C11H11N7/c12-17-11(9-6-13-1-2-15-9)8-5-16-18-4-3-14-7-10(8)18/h1-7,11,17H,12H2. The van der Waals surface area contributed by atoms with Crippen LogP contribution in [0.3, 0.4) is 0 Å². The molecule has 3 aromatic rings. The first-order chi connectivity index (χ1) is 8.90. The molecular weight excluding hydrogens is 230 g/mol. The van der Waals surface area contributed by atoms with E-state index in [0.29, 0.717) is 0 Å². The molecule has 3 aromatic heterocycles. The van der Waals surface area contributed by atoms with Gasteiger partial charge in [-0.25, -0.2) is 9.94 Å². The molecule has 0 radical (unpaired) electrons. The van der Waals surface area contributed by atoms with E-state index in [0.717, 1.165) is 16.8 Å². The lowest BCUT2D eigenvalue weighted by molar-refractivity contribution is 0.621. The van der Waals surface area contributed by atoms with Gasteiger partial charge in [0.15, 0.2) is 0 Å². The van der Waals surface area contributed by atoms with Crippen LogP contribution in [0.2, 0.25) is 0 Å². The van der Waals surface area contributed by atoms with Gasteiger partial charge in [-0.2, -0.15) is 5.10 Å². The van der Waals surface area contributed by atoms with Crippen LogP contribution in [0.5, 0.6) is 0 Å². The van der Waals surface area contributed by atoms with Crippen LogP contribution in [-0.4, -0.2) is 24.6 Å². The molecule has 0 saturated heterocycles. The van der Waals surface area contributed by atoms with Gasteiger partial charge in [-0.1, -0.05) is 0 Å². The highest BCUT2D eigenvalue weighted by Crippen LogP contribution is 2.22. The van der Waals surface area contributed by atoms with Crippen LogP contribution in [-0.2, 0) is 0 Å². The minimum atomic E-state index is -0.264. The van der Waals surface area contributed by atoms with Crippen LogP contribution in [0.15, 0.2) is 43.4 Å². The highest BCUT2D eigenvalue weighted by Gasteiger charge is 2.18. The number of rotatable bonds is 3. The predicted molar refractivity (Wildman–Crippen MR) is 64.2 cm³/mol. The van der Waals surface area contributed by atoms with E-state index in [1.54, 1.807) is 47.9 Å². The van der Waals surface area contributed by atoms with Crippen molar-refractivity contribution in [3.63, 3.8) is 0 Å². The number of nitrogens with one attached hydrogen (secondary N) is 1. The fourth-order valence-electron chi connectivity index (χ4n) is 1.87. The van der Waals surface area contributed by atoms with E-state index in [1.165, 1.54) is 0 Å². The first kappa shape index (κ1) is 10.8. The summed E-state index contributed by atoms with van der Waals surface area (Å²) in [5.74, 6) is 5.61. The lowest BCUT2D eigenvalue weighted by Crippen LogP contribution is -2.29. The summed E-state index contributed by atoms with van der Waals surface area (Å²) in [6.45, 7) is 0. The predicted octanol–water partition coefficient (Wildman–Crippen LogP) is 0.0720. The van der Waals surface area contributed by atoms with Gasteiger partial charge in [-0.15, -0.1) is 0 Å². The smallest absolute Gasteiger partial charge is 0.0934 e. The molecule has 7 heteroatoms. The third-order valence-corrected chi connectivity index (χ3v) is 2.71. The Bertz CT molecular complexity index is 649. The Morgan fingerprint density at radius 3 is 2.78 bits per heavy atom. The Morgan fingerprint density at radius 2 is 2.00 bits per heavy atom. The molecular formula is C11H11N7. The molecule has 1 atom stereocenters. The largest absolute Gasteiger partial charge is 0.271 e. The van der Waals surface area contributed by atoms with Crippen molar-refractivity contribution < 1.29 is 0 Å². The molecule has 3 heterocycles. The number of hydrazine groups is 1. The van der Waals surface area contributed by atoms with Gasteiger partial charge in [0.2, 0.25) is 0 Å². The number of hydrogen-bond acceptors (Lipinski definition) is 6. The normalized spacial score (nSPS) is 12.7. The third-order valence-electron chi connectivity index (χ3n) is 2.71. The lowest BCUT2D eigenvalue weighted by atomic mass is 10.1. The zero-order chi connectivity index (χ0) is 12.4. The second kappa shape index (κ2) is 4.47. The highest BCUT2D eigenvalue weighted by atomic mass is 15.3. The Balaban J connectivity index is 2.12. The van der Waals surface area contributed by atoms with Gasteiger partial charge in [0.05, 0.1) is 35.8 Å². The van der Waals surface area contributed by atoms with E-state index in [9.17, 15) is 0 Å². The van der Waals surface area contributed by atoms with Crippen molar-refractivity contribution in [1.82, 2.24) is 30.0 Å². The van der Waals surface area contributed by atoms with Crippen molar-refractivity contribution in [3.05, 3.63) is 54.6 Å². The van der Waals surface area contributed by atoms with Crippen molar-refractivity contribution in [2.75, 3.05) is 0 Å². The minimum absolute atomic E-state index is 0.264. The van der Waals surface area contributed by atoms with Crippen LogP contribution in [0, 0.1) is 0 Å². The van der Waals surface area contributed by atoms with E-state index in [-0.39, 0.29) is 6.04 Å². The molecule has 18 heavy (non-hydrogen) atoms.